The Morgan fingerprint density at radius 1 is 0.909 bits per heavy atom. The largest absolute Gasteiger partial charge is 0.379 e. The predicted molar refractivity (Wildman–Crippen MR) is 125 cm³/mol. The van der Waals surface area contributed by atoms with Gasteiger partial charge in [0.05, 0.1) is 29.4 Å². The lowest BCUT2D eigenvalue weighted by molar-refractivity contribution is 0.0725. The van der Waals surface area contributed by atoms with Crippen LogP contribution in [0.2, 0.25) is 0 Å². The maximum Gasteiger partial charge on any atom is 0.255 e. The second kappa shape index (κ2) is 10.0. The van der Waals surface area contributed by atoms with E-state index in [2.05, 4.69) is 5.32 Å². The first-order valence-corrected chi connectivity index (χ1v) is 12.7. The van der Waals surface area contributed by atoms with E-state index >= 15 is 0 Å². The molecule has 8 nitrogen and oxygen atoms in total. The number of aryl methyl sites for hydroxylation is 1. The summed E-state index contributed by atoms with van der Waals surface area (Å²) in [5, 5.41) is 2.83. The Balaban J connectivity index is 1.58. The van der Waals surface area contributed by atoms with Gasteiger partial charge in [-0.1, -0.05) is 18.2 Å². The minimum atomic E-state index is -3.73. The van der Waals surface area contributed by atoms with E-state index in [0.29, 0.717) is 43.1 Å². The summed E-state index contributed by atoms with van der Waals surface area (Å²) in [6.45, 7) is 4.43. The van der Waals surface area contributed by atoms with E-state index in [-0.39, 0.29) is 29.5 Å². The van der Waals surface area contributed by atoms with Gasteiger partial charge >= 0.3 is 0 Å². The number of para-hydroxylation sites is 1. The van der Waals surface area contributed by atoms with Gasteiger partial charge in [-0.2, -0.15) is 4.31 Å². The summed E-state index contributed by atoms with van der Waals surface area (Å²) in [6, 6.07) is 11.5. The molecule has 176 valence electrons. The number of hydrogen-bond donors (Lipinski definition) is 1. The van der Waals surface area contributed by atoms with Gasteiger partial charge in [-0.05, 0) is 56.0 Å². The molecule has 2 aromatic carbocycles. The lowest BCUT2D eigenvalue weighted by Gasteiger charge is -2.27. The molecular formula is C24H29N3O5S. The number of ether oxygens (including phenoxy) is 1. The molecule has 9 heteroatoms. The number of carbonyl (C=O) groups excluding carboxylic acids is 2. The van der Waals surface area contributed by atoms with Gasteiger partial charge in [0, 0.05) is 31.7 Å². The van der Waals surface area contributed by atoms with Crippen molar-refractivity contribution in [3.05, 3.63) is 59.2 Å². The number of morpholine rings is 1. The summed E-state index contributed by atoms with van der Waals surface area (Å²) < 4.78 is 32.7. The summed E-state index contributed by atoms with van der Waals surface area (Å²) in [7, 11) is -3.73. The number of nitrogens with zero attached hydrogens (tertiary/aromatic N) is 2. The highest BCUT2D eigenvalue weighted by Crippen LogP contribution is 2.24. The summed E-state index contributed by atoms with van der Waals surface area (Å²) >= 11 is 0. The highest BCUT2D eigenvalue weighted by Gasteiger charge is 2.28. The van der Waals surface area contributed by atoms with E-state index < -0.39 is 15.9 Å². The van der Waals surface area contributed by atoms with E-state index in [1.807, 2.05) is 4.90 Å². The van der Waals surface area contributed by atoms with Crippen LogP contribution in [-0.4, -0.2) is 68.8 Å². The lowest BCUT2D eigenvalue weighted by Crippen LogP contribution is -2.40. The van der Waals surface area contributed by atoms with Gasteiger partial charge in [-0.15, -0.1) is 0 Å². The zero-order valence-corrected chi connectivity index (χ0v) is 19.6. The number of likely N-dealkylation sites (tertiary alicyclic amines) is 1. The number of anilines is 1. The van der Waals surface area contributed by atoms with Crippen molar-refractivity contribution < 1.29 is 22.7 Å². The monoisotopic (exact) mass is 471 g/mol. The summed E-state index contributed by atoms with van der Waals surface area (Å²) in [6.07, 6.45) is 3.07. The van der Waals surface area contributed by atoms with Gasteiger partial charge in [0.15, 0.2) is 0 Å². The molecule has 2 aliphatic rings. The van der Waals surface area contributed by atoms with Crippen LogP contribution in [0.1, 0.15) is 45.5 Å². The van der Waals surface area contributed by atoms with Crippen LogP contribution in [0.5, 0.6) is 0 Å². The van der Waals surface area contributed by atoms with Crippen LogP contribution < -0.4 is 5.32 Å². The first-order valence-electron chi connectivity index (χ1n) is 11.3. The Morgan fingerprint density at radius 3 is 2.33 bits per heavy atom. The van der Waals surface area contributed by atoms with Crippen molar-refractivity contribution in [3.63, 3.8) is 0 Å². The van der Waals surface area contributed by atoms with Crippen LogP contribution >= 0.6 is 0 Å². The Hall–Kier alpha value is -2.75. The predicted octanol–water partition coefficient (Wildman–Crippen LogP) is 2.89. The van der Waals surface area contributed by atoms with Gasteiger partial charge in [0.25, 0.3) is 11.8 Å². The first-order chi connectivity index (χ1) is 15.9. The molecule has 0 unspecified atom stereocenters. The van der Waals surface area contributed by atoms with E-state index in [4.69, 9.17) is 4.74 Å². The minimum absolute atomic E-state index is 0.0674. The standard InChI is InChI=1S/C24H29N3O5S/c1-18-9-10-19(33(30,31)27-13-15-32-16-14-27)17-21(18)23(28)25-22-8-4-3-7-20(22)24(29)26-11-5-2-6-12-26/h3-4,7-10,17H,2,5-6,11-16H2,1H3,(H,25,28). The normalized spacial score (nSPS) is 17.5. The van der Waals surface area contributed by atoms with Crippen LogP contribution in [0.4, 0.5) is 5.69 Å². The van der Waals surface area contributed by atoms with E-state index in [0.717, 1.165) is 19.3 Å². The van der Waals surface area contributed by atoms with Gasteiger partial charge in [-0.25, -0.2) is 8.42 Å². The van der Waals surface area contributed by atoms with Gasteiger partial charge in [0.1, 0.15) is 0 Å². The smallest absolute Gasteiger partial charge is 0.255 e. The summed E-state index contributed by atoms with van der Waals surface area (Å²) in [5.74, 6) is -0.559. The Labute approximate surface area is 194 Å². The average molecular weight is 472 g/mol. The Morgan fingerprint density at radius 2 is 1.61 bits per heavy atom. The van der Waals surface area contributed by atoms with Crippen molar-refractivity contribution >= 4 is 27.5 Å². The fourth-order valence-electron chi connectivity index (χ4n) is 4.18. The van der Waals surface area contributed by atoms with Gasteiger partial charge in [-0.3, -0.25) is 9.59 Å². The molecule has 2 aromatic rings. The van der Waals surface area contributed by atoms with Crippen molar-refractivity contribution in [2.75, 3.05) is 44.7 Å². The number of piperidine rings is 1. The maximum atomic E-state index is 13.2. The molecule has 2 aliphatic heterocycles. The fraction of sp³-hybridized carbons (Fsp3) is 0.417. The zero-order chi connectivity index (χ0) is 23.4. The van der Waals surface area contributed by atoms with Crippen molar-refractivity contribution in [1.29, 1.82) is 0 Å². The highest BCUT2D eigenvalue weighted by atomic mass is 32.2. The molecule has 1 N–H and O–H groups in total. The number of rotatable bonds is 5. The van der Waals surface area contributed by atoms with Crippen molar-refractivity contribution in [2.24, 2.45) is 0 Å². The topological polar surface area (TPSA) is 96.0 Å². The van der Waals surface area contributed by atoms with Crippen LogP contribution in [0, 0.1) is 6.92 Å². The Kier molecular flexibility index (Phi) is 7.11. The summed E-state index contributed by atoms with van der Waals surface area (Å²) in [4.78, 5) is 28.1. The molecule has 0 aromatic heterocycles. The molecule has 2 fully saturated rings. The van der Waals surface area contributed by atoms with Crippen molar-refractivity contribution in [3.8, 4) is 0 Å². The van der Waals surface area contributed by atoms with Gasteiger partial charge in [0.2, 0.25) is 10.0 Å². The van der Waals surface area contributed by atoms with Crippen LogP contribution in [0.3, 0.4) is 0 Å². The van der Waals surface area contributed by atoms with Crippen molar-refractivity contribution in [2.45, 2.75) is 31.1 Å². The molecular weight excluding hydrogens is 442 g/mol. The number of benzene rings is 2. The number of amides is 2. The second-order valence-electron chi connectivity index (χ2n) is 8.35. The molecule has 0 saturated carbocycles. The summed E-state index contributed by atoms with van der Waals surface area (Å²) in [5.41, 5.74) is 1.75. The molecule has 2 saturated heterocycles. The zero-order valence-electron chi connectivity index (χ0n) is 18.7. The van der Waals surface area contributed by atoms with E-state index in [9.17, 15) is 18.0 Å². The molecule has 0 atom stereocenters. The van der Waals surface area contributed by atoms with Crippen molar-refractivity contribution in [1.82, 2.24) is 9.21 Å². The lowest BCUT2D eigenvalue weighted by atomic mass is 10.1. The highest BCUT2D eigenvalue weighted by molar-refractivity contribution is 7.89. The first kappa shape index (κ1) is 23.4. The van der Waals surface area contributed by atoms with Crippen LogP contribution in [-0.2, 0) is 14.8 Å². The third-order valence-corrected chi connectivity index (χ3v) is 8.01. The number of hydrogen-bond acceptors (Lipinski definition) is 5. The molecule has 0 aliphatic carbocycles. The quantitative estimate of drug-likeness (QED) is 0.723. The molecule has 0 bridgehead atoms. The number of nitrogens with one attached hydrogen (secondary N) is 1. The van der Waals surface area contributed by atoms with Gasteiger partial charge < -0.3 is 15.0 Å². The third-order valence-electron chi connectivity index (χ3n) is 6.11. The minimum Gasteiger partial charge on any atom is -0.379 e. The SMILES string of the molecule is Cc1ccc(S(=O)(=O)N2CCOCC2)cc1C(=O)Nc1ccccc1C(=O)N1CCCCC1. The maximum absolute atomic E-state index is 13.2. The third kappa shape index (κ3) is 5.10. The molecule has 0 radical (unpaired) electrons. The molecule has 0 spiro atoms. The van der Waals surface area contributed by atoms with E-state index in [1.165, 1.54) is 16.4 Å². The number of carbonyl (C=O) groups is 2. The Bertz CT molecular complexity index is 1140. The average Bonchev–Trinajstić information content (AvgIpc) is 2.85. The fourth-order valence-corrected chi connectivity index (χ4v) is 5.61. The van der Waals surface area contributed by atoms with Crippen LogP contribution in [0.15, 0.2) is 47.4 Å². The van der Waals surface area contributed by atoms with E-state index in [1.54, 1.807) is 37.3 Å². The number of sulfonamides is 1. The molecule has 33 heavy (non-hydrogen) atoms. The molecule has 4 rings (SSSR count). The van der Waals surface area contributed by atoms with Crippen LogP contribution in [0.25, 0.3) is 0 Å². The second-order valence-corrected chi connectivity index (χ2v) is 10.3. The molecule has 2 heterocycles. The molecule has 2 amide bonds.